The molecule has 0 fully saturated rings. The normalized spacial score (nSPS) is 11.3. The van der Waals surface area contributed by atoms with Crippen LogP contribution < -0.4 is 15.0 Å². The molecule has 1 unspecified atom stereocenters. The second-order valence-electron chi connectivity index (χ2n) is 5.28. The van der Waals surface area contributed by atoms with Crippen molar-refractivity contribution in [2.24, 2.45) is 0 Å². The van der Waals surface area contributed by atoms with E-state index in [2.05, 4.69) is 5.32 Å². The number of benzene rings is 2. The van der Waals surface area contributed by atoms with Gasteiger partial charge in [0.15, 0.2) is 6.54 Å². The topological polar surface area (TPSA) is 66.6 Å². The van der Waals surface area contributed by atoms with Crippen molar-refractivity contribution in [3.8, 4) is 11.8 Å². The third-order valence-corrected chi connectivity index (χ3v) is 3.30. The van der Waals surface area contributed by atoms with Crippen molar-refractivity contribution in [2.45, 2.75) is 0 Å². The number of hydrogen-bond acceptors (Lipinski definition) is 3. The summed E-state index contributed by atoms with van der Waals surface area (Å²) < 4.78 is 5.62. The third-order valence-electron chi connectivity index (χ3n) is 3.30. The molecular formula is C18H20N3O2+. The average Bonchev–Trinajstić information content (AvgIpc) is 2.56. The van der Waals surface area contributed by atoms with Gasteiger partial charge in [-0.3, -0.25) is 4.79 Å². The smallest absolute Gasteiger partial charge is 0.279 e. The lowest BCUT2D eigenvalue weighted by Crippen LogP contribution is -3.10. The molecule has 0 saturated heterocycles. The number of nitrogens with zero attached hydrogens (tertiary/aromatic N) is 1. The van der Waals surface area contributed by atoms with Crippen molar-refractivity contribution in [1.29, 1.82) is 5.26 Å². The molecule has 1 atom stereocenters. The Morgan fingerprint density at radius 1 is 1.17 bits per heavy atom. The van der Waals surface area contributed by atoms with Crippen molar-refractivity contribution in [2.75, 3.05) is 32.1 Å². The van der Waals surface area contributed by atoms with Gasteiger partial charge in [-0.1, -0.05) is 18.2 Å². The summed E-state index contributed by atoms with van der Waals surface area (Å²) in [5.74, 6) is 0.772. The Morgan fingerprint density at radius 2 is 1.87 bits per heavy atom. The van der Waals surface area contributed by atoms with Gasteiger partial charge in [0.25, 0.3) is 5.91 Å². The first-order valence-corrected chi connectivity index (χ1v) is 7.46. The summed E-state index contributed by atoms with van der Waals surface area (Å²) in [6.45, 7) is 1.65. The first-order chi connectivity index (χ1) is 11.2. The number of hydrogen-bond donors (Lipinski definition) is 2. The van der Waals surface area contributed by atoms with Gasteiger partial charge < -0.3 is 15.0 Å². The molecular weight excluding hydrogens is 290 g/mol. The lowest BCUT2D eigenvalue weighted by atomic mass is 10.2. The quantitative estimate of drug-likeness (QED) is 0.804. The summed E-state index contributed by atoms with van der Waals surface area (Å²) in [5.41, 5.74) is 1.27. The summed E-state index contributed by atoms with van der Waals surface area (Å²) >= 11 is 0. The van der Waals surface area contributed by atoms with E-state index in [-0.39, 0.29) is 5.91 Å². The molecule has 23 heavy (non-hydrogen) atoms. The standard InChI is InChI=1S/C18H19N3O2/c1-21(11-12-23-17-5-3-2-4-6-17)14-18(22)20-16-9-7-15(13-19)8-10-16/h2-10H,11-12,14H2,1H3,(H,20,22)/p+1. The molecule has 0 spiro atoms. The second-order valence-corrected chi connectivity index (χ2v) is 5.28. The molecule has 118 valence electrons. The highest BCUT2D eigenvalue weighted by Crippen LogP contribution is 2.08. The molecule has 0 bridgehead atoms. The number of nitriles is 1. The van der Waals surface area contributed by atoms with Gasteiger partial charge in [-0.15, -0.1) is 0 Å². The fourth-order valence-electron chi connectivity index (χ4n) is 2.06. The van der Waals surface area contributed by atoms with Crippen molar-refractivity contribution in [3.63, 3.8) is 0 Å². The van der Waals surface area contributed by atoms with Crippen LogP contribution in [0.4, 0.5) is 5.69 Å². The molecule has 5 heteroatoms. The summed E-state index contributed by atoms with van der Waals surface area (Å²) in [4.78, 5) is 13.0. The number of quaternary nitrogens is 1. The maximum atomic E-state index is 12.0. The molecule has 0 saturated carbocycles. The first kappa shape index (κ1) is 16.5. The first-order valence-electron chi connectivity index (χ1n) is 7.46. The lowest BCUT2D eigenvalue weighted by Gasteiger charge is -2.14. The highest BCUT2D eigenvalue weighted by atomic mass is 16.5. The monoisotopic (exact) mass is 310 g/mol. The Balaban J connectivity index is 1.70. The minimum Gasteiger partial charge on any atom is -0.488 e. The molecule has 2 N–H and O–H groups in total. The fourth-order valence-corrected chi connectivity index (χ4v) is 2.06. The largest absolute Gasteiger partial charge is 0.488 e. The summed E-state index contributed by atoms with van der Waals surface area (Å²) in [5, 5.41) is 11.6. The van der Waals surface area contributed by atoms with E-state index in [0.29, 0.717) is 24.4 Å². The van der Waals surface area contributed by atoms with E-state index in [9.17, 15) is 4.79 Å². The maximum absolute atomic E-state index is 12.0. The van der Waals surface area contributed by atoms with E-state index in [1.54, 1.807) is 24.3 Å². The van der Waals surface area contributed by atoms with Crippen LogP contribution >= 0.6 is 0 Å². The average molecular weight is 310 g/mol. The highest BCUT2D eigenvalue weighted by molar-refractivity contribution is 5.91. The number of rotatable bonds is 7. The van der Waals surface area contributed by atoms with Gasteiger partial charge >= 0.3 is 0 Å². The Hall–Kier alpha value is -2.84. The van der Waals surface area contributed by atoms with Gasteiger partial charge in [-0.05, 0) is 36.4 Å². The predicted octanol–water partition coefficient (Wildman–Crippen LogP) is 1.09. The molecule has 2 aromatic carbocycles. The molecule has 0 aromatic heterocycles. The molecule has 5 nitrogen and oxygen atoms in total. The van der Waals surface area contributed by atoms with Crippen LogP contribution in [-0.2, 0) is 4.79 Å². The van der Waals surface area contributed by atoms with Gasteiger partial charge in [-0.25, -0.2) is 0 Å². The Bertz CT molecular complexity index is 663. The highest BCUT2D eigenvalue weighted by Gasteiger charge is 2.10. The Kier molecular flexibility index (Phi) is 6.16. The van der Waals surface area contributed by atoms with E-state index in [4.69, 9.17) is 10.00 Å². The van der Waals surface area contributed by atoms with E-state index in [1.165, 1.54) is 0 Å². The van der Waals surface area contributed by atoms with E-state index < -0.39 is 0 Å². The SMILES string of the molecule is C[NH+](CCOc1ccccc1)CC(=O)Nc1ccc(C#N)cc1. The number of nitrogens with one attached hydrogen (secondary N) is 2. The molecule has 2 aromatic rings. The summed E-state index contributed by atoms with van der Waals surface area (Å²) in [7, 11) is 1.95. The van der Waals surface area contributed by atoms with Gasteiger partial charge in [0, 0.05) is 5.69 Å². The van der Waals surface area contributed by atoms with Gasteiger partial charge in [-0.2, -0.15) is 5.26 Å². The number of para-hydroxylation sites is 1. The van der Waals surface area contributed by atoms with Crippen LogP contribution in [-0.4, -0.2) is 32.7 Å². The Morgan fingerprint density at radius 3 is 2.52 bits per heavy atom. The third kappa shape index (κ3) is 5.81. The molecule has 2 rings (SSSR count). The van der Waals surface area contributed by atoms with Crippen LogP contribution in [0.5, 0.6) is 5.75 Å². The maximum Gasteiger partial charge on any atom is 0.279 e. The van der Waals surface area contributed by atoms with Crippen molar-refractivity contribution in [1.82, 2.24) is 0 Å². The number of anilines is 1. The molecule has 0 heterocycles. The van der Waals surface area contributed by atoms with Crippen LogP contribution in [0.2, 0.25) is 0 Å². The van der Waals surface area contributed by atoms with Crippen LogP contribution in [0.3, 0.4) is 0 Å². The second kappa shape index (κ2) is 8.57. The van der Waals surface area contributed by atoms with Gasteiger partial charge in [0.2, 0.25) is 0 Å². The zero-order valence-electron chi connectivity index (χ0n) is 13.1. The summed E-state index contributed by atoms with van der Waals surface area (Å²) in [6.07, 6.45) is 0. The minimum atomic E-state index is -0.0630. The molecule has 0 aliphatic rings. The van der Waals surface area contributed by atoms with E-state index in [0.717, 1.165) is 17.2 Å². The van der Waals surface area contributed by atoms with Gasteiger partial charge in [0.05, 0.1) is 18.7 Å². The number of carbonyl (C=O) groups excluding carboxylic acids is 1. The predicted molar refractivity (Wildman–Crippen MR) is 88.3 cm³/mol. The van der Waals surface area contributed by atoms with E-state index >= 15 is 0 Å². The zero-order chi connectivity index (χ0) is 16.5. The molecule has 0 radical (unpaired) electrons. The zero-order valence-corrected chi connectivity index (χ0v) is 13.1. The van der Waals surface area contributed by atoms with Crippen molar-refractivity contribution >= 4 is 11.6 Å². The van der Waals surface area contributed by atoms with E-state index in [1.807, 2.05) is 43.4 Å². The molecule has 0 aliphatic carbocycles. The summed E-state index contributed by atoms with van der Waals surface area (Å²) in [6, 6.07) is 18.5. The van der Waals surface area contributed by atoms with Crippen LogP contribution in [0, 0.1) is 11.3 Å². The molecule has 0 aliphatic heterocycles. The van der Waals surface area contributed by atoms with Crippen molar-refractivity contribution in [3.05, 3.63) is 60.2 Å². The van der Waals surface area contributed by atoms with Crippen LogP contribution in [0.15, 0.2) is 54.6 Å². The molecule has 1 amide bonds. The number of amides is 1. The van der Waals surface area contributed by atoms with Crippen molar-refractivity contribution < 1.29 is 14.4 Å². The van der Waals surface area contributed by atoms with Crippen LogP contribution in [0.1, 0.15) is 5.56 Å². The minimum absolute atomic E-state index is 0.0630. The lowest BCUT2D eigenvalue weighted by molar-refractivity contribution is -0.871. The van der Waals surface area contributed by atoms with Gasteiger partial charge in [0.1, 0.15) is 18.9 Å². The number of likely N-dealkylation sites (N-methyl/N-ethyl adjacent to an activating group) is 1. The number of ether oxygens (including phenoxy) is 1. The fraction of sp³-hybridized carbons (Fsp3) is 0.222. The van der Waals surface area contributed by atoms with Crippen LogP contribution in [0.25, 0.3) is 0 Å². The number of carbonyl (C=O) groups is 1. The Labute approximate surface area is 136 Å².